The van der Waals surface area contributed by atoms with Gasteiger partial charge in [-0.15, -0.1) is 11.3 Å². The first-order chi connectivity index (χ1) is 11.0. The summed E-state index contributed by atoms with van der Waals surface area (Å²) in [7, 11) is 3.99. The summed E-state index contributed by atoms with van der Waals surface area (Å²) in [5.41, 5.74) is 0.672. The highest BCUT2D eigenvalue weighted by Gasteiger charge is 2.45. The fourth-order valence-corrected chi connectivity index (χ4v) is 5.79. The Bertz CT molecular complexity index is 698. The Labute approximate surface area is 144 Å². The van der Waals surface area contributed by atoms with E-state index in [1.807, 2.05) is 25.1 Å². The van der Waals surface area contributed by atoms with Crippen LogP contribution in [0.4, 0.5) is 5.13 Å². The van der Waals surface area contributed by atoms with Crippen LogP contribution in [-0.2, 0) is 0 Å². The van der Waals surface area contributed by atoms with E-state index in [2.05, 4.69) is 10.3 Å². The van der Waals surface area contributed by atoms with Crippen molar-refractivity contribution < 1.29 is 4.79 Å². The van der Waals surface area contributed by atoms with Crippen molar-refractivity contribution in [3.63, 3.8) is 0 Å². The van der Waals surface area contributed by atoms with Gasteiger partial charge in [-0.2, -0.15) is 0 Å². The van der Waals surface area contributed by atoms with Crippen LogP contribution >= 0.6 is 22.7 Å². The fourth-order valence-electron chi connectivity index (χ4n) is 3.74. The maximum atomic E-state index is 12.4. The zero-order chi connectivity index (χ0) is 16.0. The molecule has 23 heavy (non-hydrogen) atoms. The maximum Gasteiger partial charge on any atom is 0.261 e. The van der Waals surface area contributed by atoms with E-state index in [0.29, 0.717) is 11.3 Å². The molecule has 2 aromatic rings. The van der Waals surface area contributed by atoms with Gasteiger partial charge in [0.15, 0.2) is 5.13 Å². The van der Waals surface area contributed by atoms with Crippen LogP contribution in [-0.4, -0.2) is 31.5 Å². The molecule has 2 aliphatic carbocycles. The summed E-state index contributed by atoms with van der Waals surface area (Å²) in [6.07, 6.45) is 8.18. The Balaban J connectivity index is 1.37. The van der Waals surface area contributed by atoms with Crippen LogP contribution in [0, 0.1) is 11.3 Å². The van der Waals surface area contributed by atoms with Crippen molar-refractivity contribution in [1.29, 1.82) is 0 Å². The van der Waals surface area contributed by atoms with Crippen LogP contribution < -0.4 is 10.2 Å². The molecule has 6 heteroatoms. The molecule has 0 aliphatic heterocycles. The molecule has 1 unspecified atom stereocenters. The van der Waals surface area contributed by atoms with Gasteiger partial charge >= 0.3 is 0 Å². The lowest BCUT2D eigenvalue weighted by atomic mass is 9.79. The predicted octanol–water partition coefficient (Wildman–Crippen LogP) is 4.12. The Morgan fingerprint density at radius 3 is 2.91 bits per heavy atom. The number of hydrogen-bond acceptors (Lipinski definition) is 5. The molecule has 0 saturated heterocycles. The summed E-state index contributed by atoms with van der Waals surface area (Å²) in [4.78, 5) is 20.8. The lowest BCUT2D eigenvalue weighted by molar-refractivity contribution is 0.0942. The number of carbonyl (C=O) groups excluding carboxylic acids is 1. The van der Waals surface area contributed by atoms with E-state index in [4.69, 9.17) is 0 Å². The van der Waals surface area contributed by atoms with Crippen LogP contribution in [0.3, 0.4) is 0 Å². The van der Waals surface area contributed by atoms with E-state index >= 15 is 0 Å². The van der Waals surface area contributed by atoms with Crippen molar-refractivity contribution in [3.05, 3.63) is 10.9 Å². The molecule has 0 aromatic carbocycles. The quantitative estimate of drug-likeness (QED) is 0.903. The van der Waals surface area contributed by atoms with Crippen LogP contribution in [0.25, 0.3) is 9.53 Å². The molecule has 2 aromatic heterocycles. The van der Waals surface area contributed by atoms with Gasteiger partial charge < -0.3 is 10.2 Å². The third-order valence-electron chi connectivity index (χ3n) is 5.23. The first-order valence-electron chi connectivity index (χ1n) is 8.41. The minimum atomic E-state index is 0.0713. The molecule has 2 aliphatic rings. The van der Waals surface area contributed by atoms with Crippen molar-refractivity contribution in [2.75, 3.05) is 25.5 Å². The average molecular weight is 350 g/mol. The molecular formula is C17H23N3OS2. The van der Waals surface area contributed by atoms with Gasteiger partial charge in [-0.3, -0.25) is 4.79 Å². The van der Waals surface area contributed by atoms with Crippen molar-refractivity contribution >= 4 is 43.2 Å². The number of anilines is 1. The van der Waals surface area contributed by atoms with Gasteiger partial charge in [0, 0.05) is 20.6 Å². The molecule has 1 atom stereocenters. The van der Waals surface area contributed by atoms with Gasteiger partial charge in [-0.25, -0.2) is 4.98 Å². The highest BCUT2D eigenvalue weighted by atomic mass is 32.1. The molecule has 1 N–H and O–H groups in total. The summed E-state index contributed by atoms with van der Waals surface area (Å²) < 4.78 is 1.11. The Morgan fingerprint density at radius 2 is 2.22 bits per heavy atom. The zero-order valence-corrected chi connectivity index (χ0v) is 15.4. The molecule has 4 nitrogen and oxygen atoms in total. The Morgan fingerprint density at radius 1 is 1.39 bits per heavy atom. The number of carbonyl (C=O) groups is 1. The number of nitrogens with zero attached hydrogens (tertiary/aromatic N) is 2. The number of thiophene rings is 1. The minimum Gasteiger partial charge on any atom is -0.354 e. The van der Waals surface area contributed by atoms with Gasteiger partial charge in [0.05, 0.1) is 9.58 Å². The maximum absolute atomic E-state index is 12.4. The summed E-state index contributed by atoms with van der Waals surface area (Å²) in [5, 5.41) is 4.16. The molecule has 2 saturated carbocycles. The lowest BCUT2D eigenvalue weighted by Crippen LogP contribution is -2.31. The van der Waals surface area contributed by atoms with Crippen LogP contribution in [0.1, 0.15) is 48.2 Å². The van der Waals surface area contributed by atoms with Crippen LogP contribution in [0.2, 0.25) is 0 Å². The van der Waals surface area contributed by atoms with Crippen molar-refractivity contribution in [1.82, 2.24) is 10.3 Å². The van der Waals surface area contributed by atoms with Gasteiger partial charge in [0.2, 0.25) is 0 Å². The largest absolute Gasteiger partial charge is 0.354 e. The molecule has 0 radical (unpaired) electrons. The van der Waals surface area contributed by atoms with Crippen LogP contribution in [0.5, 0.6) is 0 Å². The highest BCUT2D eigenvalue weighted by Crippen LogP contribution is 2.57. The Kier molecular flexibility index (Phi) is 3.84. The number of rotatable bonds is 4. The van der Waals surface area contributed by atoms with Crippen molar-refractivity contribution in [3.8, 4) is 0 Å². The van der Waals surface area contributed by atoms with Gasteiger partial charge in [-0.05, 0) is 49.5 Å². The number of thiazole rings is 1. The van der Waals surface area contributed by atoms with Gasteiger partial charge in [-0.1, -0.05) is 17.8 Å². The zero-order valence-electron chi connectivity index (χ0n) is 13.7. The fraction of sp³-hybridized carbons (Fsp3) is 0.647. The van der Waals surface area contributed by atoms with Crippen LogP contribution in [0.15, 0.2) is 6.07 Å². The van der Waals surface area contributed by atoms with E-state index < -0.39 is 0 Å². The van der Waals surface area contributed by atoms with E-state index in [9.17, 15) is 4.79 Å². The number of amides is 1. The number of aromatic nitrogens is 1. The molecule has 1 spiro atoms. The van der Waals surface area contributed by atoms with E-state index in [0.717, 1.165) is 26.1 Å². The van der Waals surface area contributed by atoms with Gasteiger partial charge in [0.25, 0.3) is 5.91 Å². The van der Waals surface area contributed by atoms with E-state index in [1.165, 1.54) is 49.9 Å². The predicted molar refractivity (Wildman–Crippen MR) is 97.8 cm³/mol. The Hall–Kier alpha value is -1.14. The monoisotopic (exact) mass is 349 g/mol. The second kappa shape index (κ2) is 5.74. The van der Waals surface area contributed by atoms with Crippen molar-refractivity contribution in [2.24, 2.45) is 11.3 Å². The van der Waals surface area contributed by atoms with E-state index in [-0.39, 0.29) is 5.91 Å². The normalized spacial score (nSPS) is 22.4. The summed E-state index contributed by atoms with van der Waals surface area (Å²) in [6.45, 7) is 0.836. The van der Waals surface area contributed by atoms with Gasteiger partial charge in [0.1, 0.15) is 4.83 Å². The SMILES string of the molecule is CN(C)c1nc2sc(C(=O)NCC3CCCC4(CC4)C3)cc2s1. The van der Waals surface area contributed by atoms with E-state index in [1.54, 1.807) is 11.3 Å². The number of hydrogen-bond donors (Lipinski definition) is 1. The molecular weight excluding hydrogens is 326 g/mol. The summed E-state index contributed by atoms with van der Waals surface area (Å²) >= 11 is 3.15. The minimum absolute atomic E-state index is 0.0713. The second-order valence-corrected chi connectivity index (χ2v) is 9.38. The second-order valence-electron chi connectivity index (χ2n) is 7.34. The smallest absolute Gasteiger partial charge is 0.261 e. The molecule has 0 bridgehead atoms. The third-order valence-corrected chi connectivity index (χ3v) is 7.56. The molecule has 4 rings (SSSR count). The number of fused-ring (bicyclic) bond motifs is 1. The topological polar surface area (TPSA) is 45.2 Å². The number of nitrogens with one attached hydrogen (secondary N) is 1. The summed E-state index contributed by atoms with van der Waals surface area (Å²) in [6, 6.07) is 1.99. The molecule has 1 amide bonds. The molecule has 2 heterocycles. The molecule has 124 valence electrons. The summed E-state index contributed by atoms with van der Waals surface area (Å²) in [5.74, 6) is 0.747. The van der Waals surface area contributed by atoms with Crippen molar-refractivity contribution in [2.45, 2.75) is 38.5 Å². The lowest BCUT2D eigenvalue weighted by Gasteiger charge is -2.29. The third kappa shape index (κ3) is 3.11. The standard InChI is InChI=1S/C17H23N3OS2/c1-20(2)16-19-15-13(23-16)8-12(22-15)14(21)18-10-11-4-3-5-17(9-11)6-7-17/h8,11H,3-7,9-10H2,1-2H3,(H,18,21). The first kappa shape index (κ1) is 15.4. The highest BCUT2D eigenvalue weighted by molar-refractivity contribution is 7.29. The molecule has 2 fully saturated rings. The average Bonchev–Trinajstić information content (AvgIpc) is 2.97. The first-order valence-corrected chi connectivity index (χ1v) is 10.0.